The summed E-state index contributed by atoms with van der Waals surface area (Å²) in [6, 6.07) is 5.36. The van der Waals surface area contributed by atoms with Crippen LogP contribution in [0.2, 0.25) is 0 Å². The maximum Gasteiger partial charge on any atom is 0.410 e. The van der Waals surface area contributed by atoms with Gasteiger partial charge in [0.2, 0.25) is 6.29 Å². The molecule has 0 bridgehead atoms. The molecule has 1 aromatic rings. The van der Waals surface area contributed by atoms with E-state index in [0.29, 0.717) is 5.56 Å². The van der Waals surface area contributed by atoms with E-state index in [-0.39, 0.29) is 18.9 Å². The van der Waals surface area contributed by atoms with Crippen molar-refractivity contribution in [1.29, 1.82) is 0 Å². The van der Waals surface area contributed by atoms with Gasteiger partial charge in [0.05, 0.1) is 12.3 Å². The number of carboxylic acid groups (broad SMARTS) is 1. The van der Waals surface area contributed by atoms with Crippen LogP contribution in [0.4, 0.5) is 9.18 Å². The van der Waals surface area contributed by atoms with Crippen LogP contribution in [0.3, 0.4) is 0 Å². The Kier molecular flexibility index (Phi) is 7.84. The van der Waals surface area contributed by atoms with Crippen molar-refractivity contribution in [2.75, 3.05) is 6.54 Å². The van der Waals surface area contributed by atoms with Crippen LogP contribution in [0.25, 0.3) is 0 Å². The number of benzene rings is 1. The fourth-order valence-electron chi connectivity index (χ4n) is 1.98. The van der Waals surface area contributed by atoms with Gasteiger partial charge in [0.1, 0.15) is 5.82 Å². The van der Waals surface area contributed by atoms with E-state index in [1.54, 1.807) is 13.8 Å². The van der Waals surface area contributed by atoms with Crippen LogP contribution >= 0.6 is 0 Å². The van der Waals surface area contributed by atoms with Gasteiger partial charge >= 0.3 is 18.0 Å². The standard InChI is InChI=1S/C17H22FNO6/c1-10(2)16(22)24-11(3)25-17(23)19-9-13(8-15(20)21)12-4-6-14(18)7-5-12/h4-7,10-11,13H,8-9H2,1-3H3,(H,19,23)(H,20,21)/t11?,13-/m0/s1. The first-order valence-corrected chi connectivity index (χ1v) is 7.81. The Bertz CT molecular complexity index is 602. The van der Waals surface area contributed by atoms with E-state index < -0.39 is 36.1 Å². The van der Waals surface area contributed by atoms with Gasteiger partial charge in [0, 0.05) is 19.4 Å². The maximum atomic E-state index is 13.0. The number of hydrogen-bond donors (Lipinski definition) is 2. The zero-order chi connectivity index (χ0) is 19.0. The molecule has 0 spiro atoms. The summed E-state index contributed by atoms with van der Waals surface area (Å²) >= 11 is 0. The van der Waals surface area contributed by atoms with Crippen LogP contribution in [-0.4, -0.2) is 36.0 Å². The van der Waals surface area contributed by atoms with E-state index in [1.165, 1.54) is 31.2 Å². The van der Waals surface area contributed by atoms with Crippen LogP contribution in [0.5, 0.6) is 0 Å². The molecule has 8 heteroatoms. The average Bonchev–Trinajstić information content (AvgIpc) is 2.51. The lowest BCUT2D eigenvalue weighted by Gasteiger charge is -2.18. The van der Waals surface area contributed by atoms with Crippen LogP contribution < -0.4 is 5.32 Å². The number of ether oxygens (including phenoxy) is 2. The second-order valence-electron chi connectivity index (χ2n) is 5.79. The number of hydrogen-bond acceptors (Lipinski definition) is 5. The van der Waals surface area contributed by atoms with Crippen molar-refractivity contribution < 1.29 is 33.4 Å². The largest absolute Gasteiger partial charge is 0.481 e. The van der Waals surface area contributed by atoms with Crippen molar-refractivity contribution in [3.63, 3.8) is 0 Å². The Balaban J connectivity index is 2.58. The molecule has 0 saturated heterocycles. The second-order valence-corrected chi connectivity index (χ2v) is 5.79. The highest BCUT2D eigenvalue weighted by molar-refractivity contribution is 5.72. The Morgan fingerprint density at radius 1 is 1.12 bits per heavy atom. The average molecular weight is 355 g/mol. The molecule has 0 aromatic heterocycles. The van der Waals surface area contributed by atoms with Gasteiger partial charge in [-0.3, -0.25) is 9.59 Å². The molecule has 7 nitrogen and oxygen atoms in total. The molecule has 0 fully saturated rings. The zero-order valence-corrected chi connectivity index (χ0v) is 14.3. The Morgan fingerprint density at radius 3 is 2.24 bits per heavy atom. The maximum absolute atomic E-state index is 13.0. The number of carbonyl (C=O) groups is 3. The Labute approximate surface area is 145 Å². The zero-order valence-electron chi connectivity index (χ0n) is 14.3. The Morgan fingerprint density at radius 2 is 1.72 bits per heavy atom. The van der Waals surface area contributed by atoms with E-state index in [9.17, 15) is 18.8 Å². The quantitative estimate of drug-likeness (QED) is 0.549. The van der Waals surface area contributed by atoms with Crippen molar-refractivity contribution >= 4 is 18.0 Å². The summed E-state index contributed by atoms with van der Waals surface area (Å²) in [6.45, 7) is 4.67. The first-order valence-electron chi connectivity index (χ1n) is 7.81. The summed E-state index contributed by atoms with van der Waals surface area (Å²) in [5.41, 5.74) is 0.573. The summed E-state index contributed by atoms with van der Waals surface area (Å²) in [5, 5.41) is 11.4. The Hall–Kier alpha value is -2.64. The molecule has 0 heterocycles. The third-order valence-electron chi connectivity index (χ3n) is 3.28. The van der Waals surface area contributed by atoms with Gasteiger partial charge in [-0.25, -0.2) is 9.18 Å². The minimum Gasteiger partial charge on any atom is -0.481 e. The number of halogens is 1. The SMILES string of the molecule is CC(OC(=O)NC[C@H](CC(=O)O)c1ccc(F)cc1)OC(=O)C(C)C. The van der Waals surface area contributed by atoms with Gasteiger partial charge in [-0.05, 0) is 17.7 Å². The van der Waals surface area contributed by atoms with Gasteiger partial charge in [0.25, 0.3) is 0 Å². The van der Waals surface area contributed by atoms with E-state index in [4.69, 9.17) is 14.6 Å². The first kappa shape index (κ1) is 20.4. The molecule has 0 aliphatic rings. The summed E-state index contributed by atoms with van der Waals surface area (Å²) in [7, 11) is 0. The smallest absolute Gasteiger partial charge is 0.410 e. The van der Waals surface area contributed by atoms with Crippen molar-refractivity contribution in [3.05, 3.63) is 35.6 Å². The fourth-order valence-corrected chi connectivity index (χ4v) is 1.98. The second kappa shape index (κ2) is 9.61. The van der Waals surface area contributed by atoms with E-state index in [2.05, 4.69) is 5.32 Å². The van der Waals surface area contributed by atoms with Crippen molar-refractivity contribution in [2.24, 2.45) is 5.92 Å². The molecule has 1 rings (SSSR count). The van der Waals surface area contributed by atoms with Gasteiger partial charge in [0.15, 0.2) is 0 Å². The number of nitrogens with one attached hydrogen (secondary N) is 1. The van der Waals surface area contributed by atoms with Crippen LogP contribution in [-0.2, 0) is 19.1 Å². The van der Waals surface area contributed by atoms with E-state index in [1.807, 2.05) is 0 Å². The summed E-state index contributed by atoms with van der Waals surface area (Å²) in [4.78, 5) is 34.1. The summed E-state index contributed by atoms with van der Waals surface area (Å²) < 4.78 is 22.8. The van der Waals surface area contributed by atoms with Crippen molar-refractivity contribution in [1.82, 2.24) is 5.32 Å². The highest BCUT2D eigenvalue weighted by Gasteiger charge is 2.20. The molecule has 138 valence electrons. The number of carbonyl (C=O) groups excluding carboxylic acids is 2. The molecule has 0 radical (unpaired) electrons. The molecule has 0 saturated carbocycles. The monoisotopic (exact) mass is 355 g/mol. The van der Waals surface area contributed by atoms with Crippen LogP contribution in [0, 0.1) is 11.7 Å². The van der Waals surface area contributed by atoms with Crippen LogP contribution in [0.1, 0.15) is 38.7 Å². The molecule has 2 atom stereocenters. The molecule has 0 aliphatic heterocycles. The van der Waals surface area contributed by atoms with Crippen molar-refractivity contribution in [2.45, 2.75) is 39.4 Å². The first-order chi connectivity index (χ1) is 11.7. The summed E-state index contributed by atoms with van der Waals surface area (Å²) in [6.07, 6.45) is -2.16. The van der Waals surface area contributed by atoms with Gasteiger partial charge < -0.3 is 19.9 Å². The number of esters is 1. The minimum absolute atomic E-state index is 0.0262. The van der Waals surface area contributed by atoms with E-state index in [0.717, 1.165) is 0 Å². The lowest BCUT2D eigenvalue weighted by atomic mass is 9.96. The molecule has 2 N–H and O–H groups in total. The highest BCUT2D eigenvalue weighted by atomic mass is 19.1. The topological polar surface area (TPSA) is 102 Å². The number of carboxylic acids is 1. The number of aliphatic carboxylic acids is 1. The fraction of sp³-hybridized carbons (Fsp3) is 0.471. The molecule has 1 amide bonds. The minimum atomic E-state index is -1.07. The van der Waals surface area contributed by atoms with Gasteiger partial charge in [-0.15, -0.1) is 0 Å². The highest BCUT2D eigenvalue weighted by Crippen LogP contribution is 2.19. The summed E-state index contributed by atoms with van der Waals surface area (Å²) in [5.74, 6) is -2.91. The molecule has 0 aliphatic carbocycles. The molecular formula is C17H22FNO6. The third-order valence-corrected chi connectivity index (χ3v) is 3.28. The van der Waals surface area contributed by atoms with Gasteiger partial charge in [-0.2, -0.15) is 0 Å². The molecule has 25 heavy (non-hydrogen) atoms. The molecular weight excluding hydrogens is 333 g/mol. The molecule has 1 unspecified atom stereocenters. The predicted octanol–water partition coefficient (Wildman–Crippen LogP) is 2.66. The lowest BCUT2D eigenvalue weighted by molar-refractivity contribution is -0.168. The van der Waals surface area contributed by atoms with E-state index >= 15 is 0 Å². The predicted molar refractivity (Wildman–Crippen MR) is 86.3 cm³/mol. The number of alkyl carbamates (subject to hydrolysis) is 1. The van der Waals surface area contributed by atoms with Gasteiger partial charge in [-0.1, -0.05) is 26.0 Å². The van der Waals surface area contributed by atoms with Crippen LogP contribution in [0.15, 0.2) is 24.3 Å². The molecule has 1 aromatic carbocycles. The number of rotatable bonds is 8. The normalized spacial score (nSPS) is 13.0. The third kappa shape index (κ3) is 7.65. The lowest BCUT2D eigenvalue weighted by Crippen LogP contribution is -2.34. The number of amides is 1. The van der Waals surface area contributed by atoms with Crippen molar-refractivity contribution in [3.8, 4) is 0 Å².